The Hall–Kier alpha value is -2.35. The van der Waals surface area contributed by atoms with Crippen molar-refractivity contribution in [1.82, 2.24) is 15.3 Å². The van der Waals surface area contributed by atoms with Gasteiger partial charge in [-0.15, -0.1) is 0 Å². The number of furan rings is 1. The topological polar surface area (TPSA) is 72.2 Å². The van der Waals surface area contributed by atoms with Crippen LogP contribution in [0.1, 0.15) is 5.76 Å². The van der Waals surface area contributed by atoms with Crippen molar-refractivity contribution in [3.8, 4) is 17.2 Å². The van der Waals surface area contributed by atoms with Crippen LogP contribution in [0.3, 0.4) is 0 Å². The molecule has 3 aromatic rings. The lowest BCUT2D eigenvalue weighted by molar-refractivity contribution is 0.397. The van der Waals surface area contributed by atoms with Crippen molar-refractivity contribution in [2.24, 2.45) is 0 Å². The van der Waals surface area contributed by atoms with Crippen molar-refractivity contribution in [3.63, 3.8) is 0 Å². The van der Waals surface area contributed by atoms with E-state index < -0.39 is 0 Å². The molecule has 1 aromatic carbocycles. The third-order valence-corrected chi connectivity index (χ3v) is 4.01. The summed E-state index contributed by atoms with van der Waals surface area (Å²) < 4.78 is 10.8. The number of nitrogens with zero attached hydrogens (tertiary/aromatic N) is 2. The SMILES string of the molecule is COc1cc(Cl)nc(NC(=S)NCc2ccc(-c3ccc(Cl)cc3)o2)n1. The van der Waals surface area contributed by atoms with Crippen LogP contribution >= 0.6 is 35.4 Å². The van der Waals surface area contributed by atoms with Gasteiger partial charge in [0.25, 0.3) is 0 Å². The maximum atomic E-state index is 5.90. The van der Waals surface area contributed by atoms with Gasteiger partial charge < -0.3 is 19.8 Å². The molecule has 0 atom stereocenters. The quantitative estimate of drug-likeness (QED) is 0.474. The summed E-state index contributed by atoms with van der Waals surface area (Å²) in [5, 5.41) is 7.13. The van der Waals surface area contributed by atoms with E-state index in [0.29, 0.717) is 22.6 Å². The molecule has 0 saturated heterocycles. The molecule has 0 unspecified atom stereocenters. The number of methoxy groups -OCH3 is 1. The van der Waals surface area contributed by atoms with Gasteiger partial charge in [-0.1, -0.05) is 23.2 Å². The molecule has 2 heterocycles. The van der Waals surface area contributed by atoms with Crippen molar-refractivity contribution in [2.75, 3.05) is 12.4 Å². The van der Waals surface area contributed by atoms with Crippen LogP contribution in [0.5, 0.6) is 5.88 Å². The molecule has 0 amide bonds. The highest BCUT2D eigenvalue weighted by Gasteiger charge is 2.08. The smallest absolute Gasteiger partial charge is 0.233 e. The molecule has 2 N–H and O–H groups in total. The summed E-state index contributed by atoms with van der Waals surface area (Å²) in [4.78, 5) is 8.14. The molecule has 9 heteroatoms. The van der Waals surface area contributed by atoms with Gasteiger partial charge in [0.05, 0.1) is 13.7 Å². The van der Waals surface area contributed by atoms with Crippen LogP contribution in [0.15, 0.2) is 46.9 Å². The van der Waals surface area contributed by atoms with E-state index in [0.717, 1.165) is 17.1 Å². The third-order valence-electron chi connectivity index (χ3n) is 3.32. The van der Waals surface area contributed by atoms with Crippen LogP contribution in [0, 0.1) is 0 Å². The first kappa shape index (κ1) is 18.4. The number of ether oxygens (including phenoxy) is 1. The van der Waals surface area contributed by atoms with Crippen LogP contribution in [0.4, 0.5) is 5.95 Å². The van der Waals surface area contributed by atoms with Gasteiger partial charge >= 0.3 is 0 Å². The van der Waals surface area contributed by atoms with Gasteiger partial charge in [0.15, 0.2) is 5.11 Å². The molecular weight excluding hydrogens is 395 g/mol. The molecule has 0 radical (unpaired) electrons. The Morgan fingerprint density at radius 3 is 2.65 bits per heavy atom. The maximum absolute atomic E-state index is 5.90. The fraction of sp³-hybridized carbons (Fsp3) is 0.118. The molecule has 0 spiro atoms. The van der Waals surface area contributed by atoms with E-state index in [1.54, 1.807) is 0 Å². The molecule has 2 aromatic heterocycles. The molecule has 26 heavy (non-hydrogen) atoms. The molecular formula is C17H14Cl2N4O2S. The second-order valence-corrected chi connectivity index (χ2v) is 6.37. The first-order valence-corrected chi connectivity index (χ1v) is 8.68. The number of hydrogen-bond acceptors (Lipinski definition) is 5. The van der Waals surface area contributed by atoms with Gasteiger partial charge in [-0.05, 0) is 48.6 Å². The summed E-state index contributed by atoms with van der Waals surface area (Å²) in [5.41, 5.74) is 0.945. The van der Waals surface area contributed by atoms with Gasteiger partial charge in [-0.2, -0.15) is 4.98 Å². The average Bonchev–Trinajstić information content (AvgIpc) is 3.09. The lowest BCUT2D eigenvalue weighted by Gasteiger charge is -2.09. The predicted molar refractivity (Wildman–Crippen MR) is 106 cm³/mol. The van der Waals surface area contributed by atoms with E-state index in [9.17, 15) is 0 Å². The number of aromatic nitrogens is 2. The number of benzene rings is 1. The summed E-state index contributed by atoms with van der Waals surface area (Å²) in [6.07, 6.45) is 0. The number of thiocarbonyl (C=S) groups is 1. The van der Waals surface area contributed by atoms with E-state index in [2.05, 4.69) is 20.6 Å². The van der Waals surface area contributed by atoms with Gasteiger partial charge in [0.2, 0.25) is 11.8 Å². The molecule has 0 aliphatic carbocycles. The Morgan fingerprint density at radius 1 is 1.15 bits per heavy atom. The van der Waals surface area contributed by atoms with Gasteiger partial charge in [-0.25, -0.2) is 4.98 Å². The lowest BCUT2D eigenvalue weighted by Crippen LogP contribution is -2.28. The average molecular weight is 409 g/mol. The van der Waals surface area contributed by atoms with Gasteiger partial charge in [0, 0.05) is 16.7 Å². The van der Waals surface area contributed by atoms with Gasteiger partial charge in [0.1, 0.15) is 16.7 Å². The first-order chi connectivity index (χ1) is 12.5. The summed E-state index contributed by atoms with van der Waals surface area (Å²) in [7, 11) is 1.49. The molecule has 0 fully saturated rings. The van der Waals surface area contributed by atoms with Crippen LogP contribution in [-0.2, 0) is 6.54 Å². The molecule has 0 aliphatic heterocycles. The number of hydrogen-bond donors (Lipinski definition) is 2. The zero-order chi connectivity index (χ0) is 18.5. The van der Waals surface area contributed by atoms with Crippen LogP contribution in [0.2, 0.25) is 10.2 Å². The fourth-order valence-electron chi connectivity index (χ4n) is 2.11. The van der Waals surface area contributed by atoms with Crippen molar-refractivity contribution in [1.29, 1.82) is 0 Å². The van der Waals surface area contributed by atoms with Crippen LogP contribution in [0.25, 0.3) is 11.3 Å². The van der Waals surface area contributed by atoms with Crippen LogP contribution < -0.4 is 15.4 Å². The Kier molecular flexibility index (Phi) is 5.92. The highest BCUT2D eigenvalue weighted by Crippen LogP contribution is 2.23. The highest BCUT2D eigenvalue weighted by molar-refractivity contribution is 7.80. The summed E-state index contributed by atoms with van der Waals surface area (Å²) in [6, 6.07) is 12.7. The van der Waals surface area contributed by atoms with E-state index in [4.69, 9.17) is 44.6 Å². The Bertz CT molecular complexity index is 915. The molecule has 0 saturated carbocycles. The second kappa shape index (κ2) is 8.35. The van der Waals surface area contributed by atoms with Crippen molar-refractivity contribution in [2.45, 2.75) is 6.54 Å². The zero-order valence-corrected chi connectivity index (χ0v) is 16.0. The minimum Gasteiger partial charge on any atom is -0.481 e. The normalized spacial score (nSPS) is 10.4. The minimum atomic E-state index is 0.244. The van der Waals surface area contributed by atoms with E-state index in [1.165, 1.54) is 13.2 Å². The Labute approximate surface area is 165 Å². The van der Waals surface area contributed by atoms with E-state index in [-0.39, 0.29) is 11.1 Å². The Balaban J connectivity index is 1.58. The van der Waals surface area contributed by atoms with Crippen molar-refractivity contribution < 1.29 is 9.15 Å². The third kappa shape index (κ3) is 4.85. The molecule has 6 nitrogen and oxygen atoms in total. The highest BCUT2D eigenvalue weighted by atomic mass is 35.5. The molecule has 134 valence electrons. The van der Waals surface area contributed by atoms with Crippen molar-refractivity contribution in [3.05, 3.63) is 58.4 Å². The molecule has 3 rings (SSSR count). The first-order valence-electron chi connectivity index (χ1n) is 7.51. The molecule has 0 aliphatic rings. The summed E-state index contributed by atoms with van der Waals surface area (Å²) in [5.74, 6) is 2.06. The zero-order valence-electron chi connectivity index (χ0n) is 13.6. The van der Waals surface area contributed by atoms with Crippen molar-refractivity contribution >= 4 is 46.5 Å². The summed E-state index contributed by atoms with van der Waals surface area (Å²) in [6.45, 7) is 0.400. The number of nitrogens with one attached hydrogen (secondary N) is 2. The van der Waals surface area contributed by atoms with Gasteiger partial charge in [-0.3, -0.25) is 0 Å². The van der Waals surface area contributed by atoms with Crippen LogP contribution in [-0.4, -0.2) is 22.2 Å². The number of anilines is 1. The monoisotopic (exact) mass is 408 g/mol. The lowest BCUT2D eigenvalue weighted by atomic mass is 10.2. The van der Waals surface area contributed by atoms with E-state index in [1.807, 2.05) is 36.4 Å². The van der Waals surface area contributed by atoms with E-state index >= 15 is 0 Å². The Morgan fingerprint density at radius 2 is 1.92 bits per heavy atom. The number of rotatable bonds is 5. The largest absolute Gasteiger partial charge is 0.481 e. The second-order valence-electron chi connectivity index (χ2n) is 5.14. The predicted octanol–water partition coefficient (Wildman–Crippen LogP) is 4.54. The standard InChI is InChI=1S/C17H14Cl2N4O2S/c1-24-15-8-14(19)21-16(22-15)23-17(26)20-9-12-6-7-13(25-12)10-2-4-11(18)5-3-10/h2-8H,9H2,1H3,(H2,20,21,22,23,26). The number of halogens is 2. The maximum Gasteiger partial charge on any atom is 0.233 e. The summed E-state index contributed by atoms with van der Waals surface area (Å²) >= 11 is 17.0. The fourth-order valence-corrected chi connectivity index (χ4v) is 2.58. The minimum absolute atomic E-state index is 0.244. The molecule has 0 bridgehead atoms.